The van der Waals surface area contributed by atoms with Gasteiger partial charge in [-0.1, -0.05) is 36.4 Å². The van der Waals surface area contributed by atoms with E-state index in [1.54, 1.807) is 23.5 Å². The van der Waals surface area contributed by atoms with Crippen LogP contribution in [-0.4, -0.2) is 60.9 Å². The first-order valence-corrected chi connectivity index (χ1v) is 11.8. The highest BCUT2D eigenvalue weighted by Gasteiger charge is 2.23. The van der Waals surface area contributed by atoms with Gasteiger partial charge in [-0.15, -0.1) is 11.3 Å². The zero-order valence-corrected chi connectivity index (χ0v) is 19.1. The third-order valence-electron chi connectivity index (χ3n) is 5.59. The van der Waals surface area contributed by atoms with Gasteiger partial charge in [-0.3, -0.25) is 19.4 Å². The van der Waals surface area contributed by atoms with E-state index in [9.17, 15) is 14.0 Å². The number of thiophene rings is 1. The summed E-state index contributed by atoms with van der Waals surface area (Å²) in [4.78, 5) is 30.4. The van der Waals surface area contributed by atoms with Gasteiger partial charge in [0, 0.05) is 36.7 Å². The minimum atomic E-state index is -0.335. The van der Waals surface area contributed by atoms with Gasteiger partial charge in [0.2, 0.25) is 11.8 Å². The largest absolute Gasteiger partial charge is 0.343 e. The van der Waals surface area contributed by atoms with Crippen LogP contribution in [0.2, 0.25) is 0 Å². The maximum absolute atomic E-state index is 13.0. The Kier molecular flexibility index (Phi) is 7.83. The Labute approximate surface area is 197 Å². The Bertz CT molecular complexity index is 1040. The van der Waals surface area contributed by atoms with Crippen molar-refractivity contribution < 1.29 is 14.0 Å². The molecule has 1 aliphatic heterocycles. The number of carbonyl (C=O) groups excluding carboxylic acids is 2. The van der Waals surface area contributed by atoms with Gasteiger partial charge in [0.25, 0.3) is 0 Å². The fraction of sp³-hybridized carbons (Fsp3) is 0.280. The lowest BCUT2D eigenvalue weighted by molar-refractivity contribution is -0.124. The SMILES string of the molecule is O=C(CN1CCN(CC(=O)N[C@@H](c2ccccc2)c2cccs2)CC1)Nc1ccc(F)cc1. The number of hydrogen-bond acceptors (Lipinski definition) is 5. The summed E-state index contributed by atoms with van der Waals surface area (Å²) < 4.78 is 13.0. The molecule has 3 aromatic rings. The van der Waals surface area contributed by atoms with Crippen LogP contribution in [0.3, 0.4) is 0 Å². The van der Waals surface area contributed by atoms with E-state index in [-0.39, 0.29) is 30.2 Å². The van der Waals surface area contributed by atoms with Crippen molar-refractivity contribution in [2.45, 2.75) is 6.04 Å². The number of amides is 2. The van der Waals surface area contributed by atoms with E-state index in [2.05, 4.69) is 20.4 Å². The van der Waals surface area contributed by atoms with Crippen LogP contribution < -0.4 is 10.6 Å². The lowest BCUT2D eigenvalue weighted by atomic mass is 10.1. The highest BCUT2D eigenvalue weighted by atomic mass is 32.1. The molecule has 0 unspecified atom stereocenters. The second-order valence-electron chi connectivity index (χ2n) is 8.03. The third kappa shape index (κ3) is 6.71. The summed E-state index contributed by atoms with van der Waals surface area (Å²) in [6.07, 6.45) is 0. The summed E-state index contributed by atoms with van der Waals surface area (Å²) >= 11 is 1.63. The molecule has 172 valence electrons. The van der Waals surface area contributed by atoms with Crippen LogP contribution in [-0.2, 0) is 9.59 Å². The minimum absolute atomic E-state index is 0.0141. The van der Waals surface area contributed by atoms with Gasteiger partial charge in [-0.2, -0.15) is 0 Å². The first kappa shape index (κ1) is 23.1. The standard InChI is InChI=1S/C25H27FN4O2S/c26-20-8-10-21(11-9-20)27-23(31)17-29-12-14-30(15-13-29)18-24(32)28-25(22-7-4-16-33-22)19-5-2-1-3-6-19/h1-11,16,25H,12-15,17-18H2,(H,27,31)(H,28,32)/t25-/m0/s1. The van der Waals surface area contributed by atoms with Crippen molar-refractivity contribution in [1.82, 2.24) is 15.1 Å². The second-order valence-corrected chi connectivity index (χ2v) is 9.01. The summed E-state index contributed by atoms with van der Waals surface area (Å²) in [6, 6.07) is 19.6. The zero-order chi connectivity index (χ0) is 23.0. The van der Waals surface area contributed by atoms with Gasteiger partial charge in [0.05, 0.1) is 19.1 Å². The van der Waals surface area contributed by atoms with Crippen LogP contribution >= 0.6 is 11.3 Å². The molecule has 2 amide bonds. The van der Waals surface area contributed by atoms with Crippen LogP contribution in [0.5, 0.6) is 0 Å². The molecule has 0 spiro atoms. The molecule has 2 aromatic carbocycles. The molecule has 8 heteroatoms. The predicted octanol–water partition coefficient (Wildman–Crippen LogP) is 3.35. The Morgan fingerprint density at radius 1 is 0.848 bits per heavy atom. The van der Waals surface area contributed by atoms with Gasteiger partial charge >= 0.3 is 0 Å². The highest BCUT2D eigenvalue weighted by molar-refractivity contribution is 7.10. The lowest BCUT2D eigenvalue weighted by Gasteiger charge is -2.34. The van der Waals surface area contributed by atoms with E-state index < -0.39 is 0 Å². The van der Waals surface area contributed by atoms with Crippen molar-refractivity contribution in [2.75, 3.05) is 44.6 Å². The Hall–Kier alpha value is -3.07. The number of nitrogens with zero attached hydrogens (tertiary/aromatic N) is 2. The fourth-order valence-corrected chi connectivity index (χ4v) is 4.67. The average molecular weight is 467 g/mol. The fourth-order valence-electron chi connectivity index (χ4n) is 3.87. The van der Waals surface area contributed by atoms with Crippen molar-refractivity contribution in [3.05, 3.63) is 88.4 Å². The van der Waals surface area contributed by atoms with E-state index in [0.29, 0.717) is 38.4 Å². The maximum Gasteiger partial charge on any atom is 0.238 e. The number of rotatable bonds is 8. The van der Waals surface area contributed by atoms with E-state index >= 15 is 0 Å². The first-order valence-electron chi connectivity index (χ1n) is 10.9. The predicted molar refractivity (Wildman–Crippen MR) is 129 cm³/mol. The molecule has 6 nitrogen and oxygen atoms in total. The topological polar surface area (TPSA) is 64.7 Å². The number of piperazine rings is 1. The van der Waals surface area contributed by atoms with Crippen molar-refractivity contribution in [1.29, 1.82) is 0 Å². The molecule has 0 saturated carbocycles. The first-order chi connectivity index (χ1) is 16.1. The normalized spacial score (nSPS) is 15.7. The van der Waals surface area contributed by atoms with Crippen LogP contribution in [0.25, 0.3) is 0 Å². The summed E-state index contributed by atoms with van der Waals surface area (Å²) in [5.41, 5.74) is 1.64. The number of hydrogen-bond donors (Lipinski definition) is 2. The molecule has 33 heavy (non-hydrogen) atoms. The molecule has 1 fully saturated rings. The maximum atomic E-state index is 13.0. The molecule has 2 heterocycles. The van der Waals surface area contributed by atoms with E-state index in [0.717, 1.165) is 10.4 Å². The van der Waals surface area contributed by atoms with E-state index in [1.165, 1.54) is 12.1 Å². The summed E-state index contributed by atoms with van der Waals surface area (Å²) in [5, 5.41) is 7.99. The monoisotopic (exact) mass is 466 g/mol. The van der Waals surface area contributed by atoms with Crippen molar-refractivity contribution >= 4 is 28.8 Å². The molecule has 0 bridgehead atoms. The molecular formula is C25H27FN4O2S. The molecule has 0 aliphatic carbocycles. The van der Waals surface area contributed by atoms with Crippen molar-refractivity contribution in [3.8, 4) is 0 Å². The van der Waals surface area contributed by atoms with Crippen molar-refractivity contribution in [3.63, 3.8) is 0 Å². The van der Waals surface area contributed by atoms with Crippen LogP contribution in [0.4, 0.5) is 10.1 Å². The summed E-state index contributed by atoms with van der Waals surface area (Å²) in [6.45, 7) is 3.43. The molecule has 1 aromatic heterocycles. The van der Waals surface area contributed by atoms with Crippen LogP contribution in [0, 0.1) is 5.82 Å². The molecule has 1 saturated heterocycles. The second kappa shape index (κ2) is 11.2. The quantitative estimate of drug-likeness (QED) is 0.535. The smallest absolute Gasteiger partial charge is 0.238 e. The molecule has 4 rings (SSSR count). The molecule has 1 aliphatic rings. The Balaban J connectivity index is 1.24. The molecular weight excluding hydrogens is 439 g/mol. The zero-order valence-electron chi connectivity index (χ0n) is 18.2. The van der Waals surface area contributed by atoms with Gasteiger partial charge in [-0.05, 0) is 41.3 Å². The Morgan fingerprint density at radius 2 is 1.48 bits per heavy atom. The number of nitrogens with one attached hydrogen (secondary N) is 2. The van der Waals surface area contributed by atoms with Crippen molar-refractivity contribution in [2.24, 2.45) is 0 Å². The van der Waals surface area contributed by atoms with Gasteiger partial charge < -0.3 is 10.6 Å². The summed E-state index contributed by atoms with van der Waals surface area (Å²) in [7, 11) is 0. The summed E-state index contributed by atoms with van der Waals surface area (Å²) in [5.74, 6) is -0.479. The molecule has 0 radical (unpaired) electrons. The Morgan fingerprint density at radius 3 is 2.09 bits per heavy atom. The number of halogens is 1. The van der Waals surface area contributed by atoms with Crippen LogP contribution in [0.1, 0.15) is 16.5 Å². The van der Waals surface area contributed by atoms with Gasteiger partial charge in [0.1, 0.15) is 5.82 Å². The lowest BCUT2D eigenvalue weighted by Crippen LogP contribution is -2.51. The van der Waals surface area contributed by atoms with Crippen LogP contribution in [0.15, 0.2) is 72.1 Å². The number of anilines is 1. The van der Waals surface area contributed by atoms with Gasteiger partial charge in [-0.25, -0.2) is 4.39 Å². The van der Waals surface area contributed by atoms with E-state index in [1.807, 2.05) is 47.8 Å². The minimum Gasteiger partial charge on any atom is -0.343 e. The molecule has 2 N–H and O–H groups in total. The van der Waals surface area contributed by atoms with E-state index in [4.69, 9.17) is 0 Å². The third-order valence-corrected chi connectivity index (χ3v) is 6.53. The average Bonchev–Trinajstić information content (AvgIpc) is 3.35. The number of benzene rings is 2. The number of carbonyl (C=O) groups is 2. The van der Waals surface area contributed by atoms with Gasteiger partial charge in [0.15, 0.2) is 0 Å². The molecule has 1 atom stereocenters. The highest BCUT2D eigenvalue weighted by Crippen LogP contribution is 2.25.